The van der Waals surface area contributed by atoms with Gasteiger partial charge in [0.2, 0.25) is 0 Å². The summed E-state index contributed by atoms with van der Waals surface area (Å²) in [7, 11) is 0. The first-order chi connectivity index (χ1) is 26.8. The van der Waals surface area contributed by atoms with E-state index in [1.807, 2.05) is 4.90 Å². The fourth-order valence-corrected chi connectivity index (χ4v) is 8.96. The number of rotatable bonds is 8. The summed E-state index contributed by atoms with van der Waals surface area (Å²) in [4.78, 5) is 52.8. The van der Waals surface area contributed by atoms with Crippen LogP contribution in [0.15, 0.2) is 35.7 Å². The van der Waals surface area contributed by atoms with Crippen LogP contribution in [0.1, 0.15) is 45.0 Å². The number of nitrogens with zero attached hydrogens (tertiary/aromatic N) is 8. The molecule has 0 unspecified atom stereocenters. The molecule has 0 aliphatic carbocycles. The van der Waals surface area contributed by atoms with E-state index < -0.39 is 46.8 Å². The maximum absolute atomic E-state index is 16.9. The van der Waals surface area contributed by atoms with Crippen molar-refractivity contribution >= 4 is 72.8 Å². The average molecular weight is 812 g/mol. The van der Waals surface area contributed by atoms with E-state index in [4.69, 9.17) is 14.5 Å². The van der Waals surface area contributed by atoms with Crippen LogP contribution in [0.25, 0.3) is 38.5 Å². The number of ether oxygens (including phenoxy) is 2. The highest BCUT2D eigenvalue weighted by molar-refractivity contribution is 7.22. The molecule has 4 aromatic heterocycles. The lowest BCUT2D eigenvalue weighted by atomic mass is 9.95. The summed E-state index contributed by atoms with van der Waals surface area (Å²) in [6, 6.07) is 2.38. The quantitative estimate of drug-likeness (QED) is 0.128. The molecule has 0 radical (unpaired) electrons. The number of nitrogens with one attached hydrogen (secondary N) is 1. The van der Waals surface area contributed by atoms with Crippen molar-refractivity contribution in [1.29, 1.82) is 0 Å². The molecule has 3 aliphatic heterocycles. The number of piperazine rings is 1. The van der Waals surface area contributed by atoms with Crippen LogP contribution in [0.2, 0.25) is 0 Å². The molecule has 8 rings (SSSR count). The van der Waals surface area contributed by atoms with Gasteiger partial charge in [0.25, 0.3) is 5.91 Å². The zero-order chi connectivity index (χ0) is 39.4. The number of amides is 2. The van der Waals surface area contributed by atoms with Crippen LogP contribution >= 0.6 is 22.7 Å². The van der Waals surface area contributed by atoms with Crippen molar-refractivity contribution in [3.05, 3.63) is 52.4 Å². The standard InChI is InChI=1S/C37H37F4N9O4S2/c1-36(2,3)54-35(52)47-34-45-29-21(5-6-23(39)30(29)56-34)27-26(41)28-22(17-43-27)31(46-33(44-28)53-19-37-7-4-9-50(37)18-20(38)16-37)48-10-12-49(13-11-48)32(51)24(40)15-25-42-8-14-55-25/h5-6,8,14-15,17,20H,4,7,9-13,16,18-19H2,1-3H3,(H,45,47,52)/b24-15-/t20-,37+/m1/s1. The van der Waals surface area contributed by atoms with Crippen molar-refractivity contribution in [1.82, 2.24) is 34.7 Å². The van der Waals surface area contributed by atoms with Crippen LogP contribution < -0.4 is 15.0 Å². The zero-order valence-electron chi connectivity index (χ0n) is 30.7. The third-order valence-corrected chi connectivity index (χ3v) is 11.7. The Balaban J connectivity index is 1.13. The van der Waals surface area contributed by atoms with Gasteiger partial charge >= 0.3 is 12.1 Å². The van der Waals surface area contributed by atoms with Gasteiger partial charge in [0.15, 0.2) is 16.8 Å². The predicted octanol–water partition coefficient (Wildman–Crippen LogP) is 7.00. The predicted molar refractivity (Wildman–Crippen MR) is 204 cm³/mol. The van der Waals surface area contributed by atoms with Gasteiger partial charge in [-0.05, 0) is 52.3 Å². The SMILES string of the molecule is CC(C)(C)OC(=O)Nc1nc2c(-c3ncc4c(N5CCN(C(=O)/C(F)=C/c6nccs6)CC5)nc(OC[C@@]56CCCN5C[C@H](F)C6)nc4c3F)ccc(F)c2s1. The van der Waals surface area contributed by atoms with Crippen molar-refractivity contribution < 1.29 is 36.6 Å². The van der Waals surface area contributed by atoms with E-state index in [9.17, 15) is 18.4 Å². The number of alkyl halides is 1. The number of hydrogen-bond donors (Lipinski definition) is 1. The molecule has 2 amide bonds. The summed E-state index contributed by atoms with van der Waals surface area (Å²) in [6.07, 6.45) is 4.19. The number of aromatic nitrogens is 5. The molecule has 0 bridgehead atoms. The normalized spacial score (nSPS) is 20.6. The number of pyridine rings is 1. The van der Waals surface area contributed by atoms with Crippen molar-refractivity contribution in [2.24, 2.45) is 0 Å². The van der Waals surface area contributed by atoms with E-state index in [2.05, 4.69) is 30.2 Å². The summed E-state index contributed by atoms with van der Waals surface area (Å²) < 4.78 is 73.1. The van der Waals surface area contributed by atoms with Gasteiger partial charge in [0.05, 0.1) is 21.1 Å². The van der Waals surface area contributed by atoms with E-state index in [-0.39, 0.29) is 82.1 Å². The molecule has 7 heterocycles. The summed E-state index contributed by atoms with van der Waals surface area (Å²) in [5, 5.41) is 4.85. The number of halogens is 4. The molecule has 2 atom stereocenters. The van der Waals surface area contributed by atoms with Crippen molar-refractivity contribution in [2.45, 2.75) is 57.3 Å². The average Bonchev–Trinajstić information content (AvgIpc) is 3.95. The minimum absolute atomic E-state index is 0.0426. The van der Waals surface area contributed by atoms with E-state index in [1.54, 1.807) is 26.2 Å². The molecule has 294 valence electrons. The molecule has 5 aromatic rings. The van der Waals surface area contributed by atoms with Gasteiger partial charge < -0.3 is 19.3 Å². The summed E-state index contributed by atoms with van der Waals surface area (Å²) >= 11 is 2.07. The highest BCUT2D eigenvalue weighted by Crippen LogP contribution is 2.42. The molecule has 1 N–H and O–H groups in total. The molecule has 56 heavy (non-hydrogen) atoms. The first kappa shape index (κ1) is 37.9. The van der Waals surface area contributed by atoms with Gasteiger partial charge in [-0.2, -0.15) is 9.97 Å². The highest BCUT2D eigenvalue weighted by Gasteiger charge is 2.49. The number of hydrogen-bond acceptors (Lipinski definition) is 13. The molecule has 3 saturated heterocycles. The lowest BCUT2D eigenvalue weighted by Gasteiger charge is -2.35. The Kier molecular flexibility index (Phi) is 10.0. The number of thiazole rings is 2. The second-order valence-electron chi connectivity index (χ2n) is 14.9. The van der Waals surface area contributed by atoms with Crippen LogP contribution in [0.3, 0.4) is 0 Å². The minimum atomic E-state index is -0.989. The molecule has 1 aromatic carbocycles. The topological polar surface area (TPSA) is 139 Å². The number of carbonyl (C=O) groups is 2. The molecular formula is C37H37F4N9O4S2. The van der Waals surface area contributed by atoms with Crippen LogP contribution in [-0.4, -0.2) is 110 Å². The molecule has 13 nitrogen and oxygen atoms in total. The van der Waals surface area contributed by atoms with Crippen molar-refractivity contribution in [3.8, 4) is 17.3 Å². The Morgan fingerprint density at radius 1 is 1.07 bits per heavy atom. The van der Waals surface area contributed by atoms with Crippen LogP contribution in [-0.2, 0) is 9.53 Å². The third kappa shape index (κ3) is 7.46. The minimum Gasteiger partial charge on any atom is -0.461 e. The largest absolute Gasteiger partial charge is 0.461 e. The van der Waals surface area contributed by atoms with Gasteiger partial charge in [0, 0.05) is 68.6 Å². The molecule has 3 fully saturated rings. The number of anilines is 2. The Bertz CT molecular complexity index is 2350. The van der Waals surface area contributed by atoms with Crippen LogP contribution in [0, 0.1) is 11.6 Å². The fourth-order valence-electron chi connectivity index (χ4n) is 7.52. The van der Waals surface area contributed by atoms with E-state index in [0.29, 0.717) is 18.0 Å². The van der Waals surface area contributed by atoms with Crippen molar-refractivity contribution in [3.63, 3.8) is 0 Å². The monoisotopic (exact) mass is 811 g/mol. The lowest BCUT2D eigenvalue weighted by Crippen LogP contribution is -2.49. The van der Waals surface area contributed by atoms with E-state index in [0.717, 1.165) is 36.8 Å². The zero-order valence-corrected chi connectivity index (χ0v) is 32.3. The Morgan fingerprint density at radius 3 is 2.62 bits per heavy atom. The maximum atomic E-state index is 16.9. The van der Waals surface area contributed by atoms with Crippen LogP contribution in [0.4, 0.5) is 33.3 Å². The summed E-state index contributed by atoms with van der Waals surface area (Å²) in [5.41, 5.74) is -1.42. The summed E-state index contributed by atoms with van der Waals surface area (Å²) in [5.74, 6) is -2.90. The second-order valence-corrected chi connectivity index (χ2v) is 16.9. The molecule has 0 spiro atoms. The van der Waals surface area contributed by atoms with Gasteiger partial charge in [-0.25, -0.2) is 32.3 Å². The number of carbonyl (C=O) groups excluding carboxylic acids is 2. The second kappa shape index (κ2) is 14.8. The number of benzene rings is 1. The first-order valence-corrected chi connectivity index (χ1v) is 19.7. The van der Waals surface area contributed by atoms with Crippen molar-refractivity contribution in [2.75, 3.05) is 56.1 Å². The third-order valence-electron chi connectivity index (χ3n) is 10.0. The van der Waals surface area contributed by atoms with E-state index in [1.165, 1.54) is 40.8 Å². The molecule has 0 saturated carbocycles. The first-order valence-electron chi connectivity index (χ1n) is 18.1. The Morgan fingerprint density at radius 2 is 1.88 bits per heavy atom. The molecule has 19 heteroatoms. The van der Waals surface area contributed by atoms with Gasteiger partial charge in [-0.15, -0.1) is 11.3 Å². The Hall–Kier alpha value is -5.01. The smallest absolute Gasteiger partial charge is 0.413 e. The lowest BCUT2D eigenvalue weighted by molar-refractivity contribution is -0.128. The van der Waals surface area contributed by atoms with Gasteiger partial charge in [0.1, 0.15) is 46.2 Å². The van der Waals surface area contributed by atoms with E-state index >= 15 is 8.78 Å². The fraction of sp³-hybridized carbons (Fsp3) is 0.432. The van der Waals surface area contributed by atoms with Crippen LogP contribution in [0.5, 0.6) is 6.01 Å². The van der Waals surface area contributed by atoms with Gasteiger partial charge in [-0.3, -0.25) is 20.0 Å². The summed E-state index contributed by atoms with van der Waals surface area (Å²) in [6.45, 7) is 6.98. The Labute approximate surface area is 326 Å². The molecular weight excluding hydrogens is 775 g/mol. The van der Waals surface area contributed by atoms with Gasteiger partial charge in [-0.1, -0.05) is 11.3 Å². The maximum Gasteiger partial charge on any atom is 0.413 e. The molecule has 3 aliphatic rings. The number of fused-ring (bicyclic) bond motifs is 3. The highest BCUT2D eigenvalue weighted by atomic mass is 32.1.